The van der Waals surface area contributed by atoms with Gasteiger partial charge in [0.15, 0.2) is 12.4 Å². The Morgan fingerprint density at radius 1 is 1.43 bits per heavy atom. The molecule has 0 aromatic carbocycles. The number of carbonyl (C=O) groups is 2. The first-order chi connectivity index (χ1) is 9.71. The van der Waals surface area contributed by atoms with Gasteiger partial charge in [-0.2, -0.15) is 5.10 Å². The first-order valence-electron chi connectivity index (χ1n) is 6.88. The van der Waals surface area contributed by atoms with E-state index in [1.54, 1.807) is 18.7 Å². The van der Waals surface area contributed by atoms with E-state index in [9.17, 15) is 14.7 Å². The highest BCUT2D eigenvalue weighted by atomic mass is 16.5. The Labute approximate surface area is 124 Å². The zero-order valence-corrected chi connectivity index (χ0v) is 13.2. The minimum atomic E-state index is -1.27. The fourth-order valence-electron chi connectivity index (χ4n) is 2.17. The van der Waals surface area contributed by atoms with Crippen molar-refractivity contribution in [3.63, 3.8) is 0 Å². The Bertz CT molecular complexity index is 539. The highest BCUT2D eigenvalue weighted by Crippen LogP contribution is 2.21. The Kier molecular flexibility index (Phi) is 5.34. The number of carboxylic acid groups (broad SMARTS) is 1. The number of aryl methyl sites for hydroxylation is 2. The fourth-order valence-corrected chi connectivity index (χ4v) is 2.17. The number of hydrogen-bond acceptors (Lipinski definition) is 4. The van der Waals surface area contributed by atoms with E-state index in [-0.39, 0.29) is 6.61 Å². The number of carboxylic acids is 1. The summed E-state index contributed by atoms with van der Waals surface area (Å²) in [7, 11) is 1.79. The first-order valence-corrected chi connectivity index (χ1v) is 6.88. The first kappa shape index (κ1) is 17.0. The van der Waals surface area contributed by atoms with Gasteiger partial charge in [-0.05, 0) is 27.2 Å². The third-order valence-corrected chi connectivity index (χ3v) is 3.43. The van der Waals surface area contributed by atoms with Crippen molar-refractivity contribution in [1.29, 1.82) is 0 Å². The van der Waals surface area contributed by atoms with Gasteiger partial charge in [-0.1, -0.05) is 13.3 Å². The van der Waals surface area contributed by atoms with E-state index in [4.69, 9.17) is 4.74 Å². The van der Waals surface area contributed by atoms with Crippen LogP contribution in [0.5, 0.6) is 5.75 Å². The second-order valence-corrected chi connectivity index (χ2v) is 5.35. The van der Waals surface area contributed by atoms with E-state index in [1.807, 2.05) is 13.8 Å². The fraction of sp³-hybridized carbons (Fsp3) is 0.643. The summed E-state index contributed by atoms with van der Waals surface area (Å²) in [5, 5.41) is 15.9. The summed E-state index contributed by atoms with van der Waals surface area (Å²) >= 11 is 0. The van der Waals surface area contributed by atoms with Gasteiger partial charge in [0, 0.05) is 7.05 Å². The van der Waals surface area contributed by atoms with Gasteiger partial charge in [0.2, 0.25) is 0 Å². The van der Waals surface area contributed by atoms with Crippen LogP contribution in [0.3, 0.4) is 0 Å². The van der Waals surface area contributed by atoms with Gasteiger partial charge in [-0.3, -0.25) is 9.48 Å². The van der Waals surface area contributed by atoms with Gasteiger partial charge in [-0.25, -0.2) is 4.79 Å². The summed E-state index contributed by atoms with van der Waals surface area (Å²) in [4.78, 5) is 23.2. The third kappa shape index (κ3) is 3.96. The lowest BCUT2D eigenvalue weighted by molar-refractivity contribution is -0.147. The molecule has 0 fully saturated rings. The maximum atomic E-state index is 11.9. The average Bonchev–Trinajstić information content (AvgIpc) is 2.61. The Balaban J connectivity index is 2.67. The minimum Gasteiger partial charge on any atom is -0.480 e. The number of amides is 1. The number of ether oxygens (including phenoxy) is 1. The van der Waals surface area contributed by atoms with E-state index in [0.29, 0.717) is 24.3 Å². The van der Waals surface area contributed by atoms with Crippen molar-refractivity contribution in [2.75, 3.05) is 6.61 Å². The molecule has 0 aliphatic heterocycles. The normalized spacial score (nSPS) is 13.6. The Morgan fingerprint density at radius 3 is 2.48 bits per heavy atom. The van der Waals surface area contributed by atoms with Crippen molar-refractivity contribution in [2.24, 2.45) is 7.05 Å². The number of nitrogens with zero attached hydrogens (tertiary/aromatic N) is 2. The van der Waals surface area contributed by atoms with Crippen LogP contribution in [0, 0.1) is 13.8 Å². The smallest absolute Gasteiger partial charge is 0.329 e. The number of aromatic nitrogens is 2. The van der Waals surface area contributed by atoms with Crippen LogP contribution in [0.4, 0.5) is 0 Å². The van der Waals surface area contributed by atoms with Crippen LogP contribution in [-0.4, -0.2) is 38.9 Å². The monoisotopic (exact) mass is 297 g/mol. The summed E-state index contributed by atoms with van der Waals surface area (Å²) in [6.07, 6.45) is 1.02. The molecule has 0 spiro atoms. The second kappa shape index (κ2) is 6.60. The molecule has 7 nitrogen and oxygen atoms in total. The zero-order chi connectivity index (χ0) is 16.2. The quantitative estimate of drug-likeness (QED) is 0.788. The summed E-state index contributed by atoms with van der Waals surface area (Å²) in [6, 6.07) is 0. The molecule has 1 aromatic rings. The van der Waals surface area contributed by atoms with Gasteiger partial charge in [-0.15, -0.1) is 0 Å². The predicted molar refractivity (Wildman–Crippen MR) is 77.3 cm³/mol. The van der Waals surface area contributed by atoms with E-state index >= 15 is 0 Å². The van der Waals surface area contributed by atoms with E-state index < -0.39 is 17.4 Å². The van der Waals surface area contributed by atoms with Crippen LogP contribution >= 0.6 is 0 Å². The van der Waals surface area contributed by atoms with Crippen LogP contribution in [0.25, 0.3) is 0 Å². The van der Waals surface area contributed by atoms with Crippen molar-refractivity contribution in [3.8, 4) is 5.75 Å². The number of carbonyl (C=O) groups excluding carboxylic acids is 1. The molecule has 0 aliphatic carbocycles. The van der Waals surface area contributed by atoms with Crippen LogP contribution in [-0.2, 0) is 16.6 Å². The second-order valence-electron chi connectivity index (χ2n) is 5.35. The molecular weight excluding hydrogens is 274 g/mol. The standard InChI is InChI=1S/C14H23N3O4/c1-6-7-14(4,13(19)20)15-11(18)8-21-12-9(2)16-17(5)10(12)3/h6-8H2,1-5H3,(H,15,18)(H,19,20). The molecule has 1 heterocycles. The minimum absolute atomic E-state index is 0.236. The zero-order valence-electron chi connectivity index (χ0n) is 13.2. The highest BCUT2D eigenvalue weighted by Gasteiger charge is 2.33. The molecule has 118 valence electrons. The molecule has 0 saturated heterocycles. The SMILES string of the molecule is CCCC(C)(NC(=O)COc1c(C)nn(C)c1C)C(=O)O. The molecule has 0 aliphatic rings. The summed E-state index contributed by atoms with van der Waals surface area (Å²) in [5.74, 6) is -0.956. The van der Waals surface area contributed by atoms with Crippen molar-refractivity contribution in [1.82, 2.24) is 15.1 Å². The molecule has 1 atom stereocenters. The molecular formula is C14H23N3O4. The molecule has 7 heteroatoms. The largest absolute Gasteiger partial charge is 0.480 e. The van der Waals surface area contributed by atoms with Gasteiger partial charge in [0.05, 0.1) is 5.69 Å². The van der Waals surface area contributed by atoms with E-state index in [1.165, 1.54) is 6.92 Å². The summed E-state index contributed by atoms with van der Waals surface area (Å²) < 4.78 is 7.13. The van der Waals surface area contributed by atoms with Crippen molar-refractivity contribution in [3.05, 3.63) is 11.4 Å². The highest BCUT2D eigenvalue weighted by molar-refractivity contribution is 5.87. The molecule has 0 bridgehead atoms. The molecule has 0 radical (unpaired) electrons. The van der Waals surface area contributed by atoms with Crippen molar-refractivity contribution < 1.29 is 19.4 Å². The van der Waals surface area contributed by atoms with Gasteiger partial charge in [0.25, 0.3) is 5.91 Å². The Hall–Kier alpha value is -2.05. The maximum Gasteiger partial charge on any atom is 0.329 e. The number of rotatable bonds is 7. The van der Waals surface area contributed by atoms with Crippen molar-refractivity contribution in [2.45, 2.75) is 46.1 Å². The van der Waals surface area contributed by atoms with Gasteiger partial charge < -0.3 is 15.2 Å². The Morgan fingerprint density at radius 2 is 2.05 bits per heavy atom. The molecule has 1 amide bonds. The maximum absolute atomic E-state index is 11.9. The van der Waals surface area contributed by atoms with E-state index in [0.717, 1.165) is 5.69 Å². The van der Waals surface area contributed by atoms with Gasteiger partial charge >= 0.3 is 5.97 Å². The average molecular weight is 297 g/mol. The lowest BCUT2D eigenvalue weighted by Crippen LogP contribution is -2.53. The number of nitrogens with one attached hydrogen (secondary N) is 1. The van der Waals surface area contributed by atoms with Crippen LogP contribution in [0.15, 0.2) is 0 Å². The summed E-state index contributed by atoms with van der Waals surface area (Å²) in [6.45, 7) is 6.76. The lowest BCUT2D eigenvalue weighted by atomic mass is 9.96. The van der Waals surface area contributed by atoms with Crippen LogP contribution in [0.1, 0.15) is 38.1 Å². The molecule has 2 N–H and O–H groups in total. The molecule has 1 unspecified atom stereocenters. The van der Waals surface area contributed by atoms with Crippen LogP contribution in [0.2, 0.25) is 0 Å². The van der Waals surface area contributed by atoms with Crippen LogP contribution < -0.4 is 10.1 Å². The van der Waals surface area contributed by atoms with Crippen molar-refractivity contribution >= 4 is 11.9 Å². The molecule has 0 saturated carbocycles. The van der Waals surface area contributed by atoms with Gasteiger partial charge in [0.1, 0.15) is 11.2 Å². The predicted octanol–water partition coefficient (Wildman–Crippen LogP) is 1.18. The molecule has 1 rings (SSSR count). The topological polar surface area (TPSA) is 93.5 Å². The molecule has 1 aromatic heterocycles. The lowest BCUT2D eigenvalue weighted by Gasteiger charge is -2.25. The number of hydrogen-bond donors (Lipinski definition) is 2. The van der Waals surface area contributed by atoms with E-state index in [2.05, 4.69) is 10.4 Å². The number of aliphatic carboxylic acids is 1. The molecule has 21 heavy (non-hydrogen) atoms. The third-order valence-electron chi connectivity index (χ3n) is 3.43. The summed E-state index contributed by atoms with van der Waals surface area (Å²) in [5.41, 5.74) is 0.237.